The van der Waals surface area contributed by atoms with E-state index >= 15 is 0 Å². The lowest BCUT2D eigenvalue weighted by molar-refractivity contribution is 0.133. The first-order valence-corrected chi connectivity index (χ1v) is 14.5. The molecule has 0 aromatic carbocycles. The average Bonchev–Trinajstić information content (AvgIpc) is 3.59. The van der Waals surface area contributed by atoms with Crippen molar-refractivity contribution in [1.82, 2.24) is 29.8 Å². The van der Waals surface area contributed by atoms with Gasteiger partial charge in [-0.05, 0) is 77.4 Å². The predicted molar refractivity (Wildman–Crippen MR) is 146 cm³/mol. The lowest BCUT2D eigenvalue weighted by atomic mass is 9.63. The van der Waals surface area contributed by atoms with Crippen LogP contribution in [0.3, 0.4) is 0 Å². The number of hydrogen-bond acceptors (Lipinski definition) is 9. The Morgan fingerprint density at radius 1 is 1.26 bits per heavy atom. The van der Waals surface area contributed by atoms with Gasteiger partial charge in [-0.25, -0.2) is 14.6 Å². The van der Waals surface area contributed by atoms with Crippen molar-refractivity contribution >= 4 is 39.0 Å². The molecule has 1 saturated heterocycles. The highest BCUT2D eigenvalue weighted by Crippen LogP contribution is 2.55. The molecule has 4 aromatic heterocycles. The highest BCUT2D eigenvalue weighted by atomic mass is 35.5. The number of piperidine rings is 1. The van der Waals surface area contributed by atoms with Gasteiger partial charge in [0, 0.05) is 22.7 Å². The number of anilines is 1. The largest absolute Gasteiger partial charge is 0.389 e. The van der Waals surface area contributed by atoms with Gasteiger partial charge in [-0.3, -0.25) is 0 Å². The molecule has 3 atom stereocenters. The molecule has 3 aliphatic rings. The van der Waals surface area contributed by atoms with E-state index in [-0.39, 0.29) is 11.5 Å². The smallest absolute Gasteiger partial charge is 0.184 e. The number of nitrogens with two attached hydrogens (primary N) is 1. The topological polar surface area (TPSA) is 123 Å². The number of aryl methyl sites for hydroxylation is 1. The van der Waals surface area contributed by atoms with Gasteiger partial charge >= 0.3 is 0 Å². The standard InChI is InChI=1S/C27H29ClN8OS/c1-14-18(7-5-11-35(14)2)36-26-17(23(28)33-36)13-31-25(32-26)21-15-6-3-9-27(22(15)37-34-21)10-4-8-19-20(27)16(12-29)24(30)38-19/h13-14,18H,3-11,30H2,1-2H3. The SMILES string of the molecule is CC1C(n2nc(Cl)c3cnc(-c4noc5c4CCCC54CCCc5sc(N)c(C#N)c54)nc32)CCCN1C. The van der Waals surface area contributed by atoms with E-state index in [0.717, 1.165) is 85.8 Å². The number of halogens is 1. The molecule has 2 aliphatic carbocycles. The van der Waals surface area contributed by atoms with Gasteiger partial charge in [-0.1, -0.05) is 16.8 Å². The summed E-state index contributed by atoms with van der Waals surface area (Å²) in [5.74, 6) is 1.38. The number of nitrogen functional groups attached to an aromatic ring is 1. The number of hydrogen-bond donors (Lipinski definition) is 1. The van der Waals surface area contributed by atoms with E-state index < -0.39 is 0 Å². The van der Waals surface area contributed by atoms with Crippen LogP contribution in [0.4, 0.5) is 5.00 Å². The fraction of sp³-hybridized carbons (Fsp3) is 0.519. The molecule has 5 heterocycles. The Labute approximate surface area is 229 Å². The maximum absolute atomic E-state index is 9.97. The Morgan fingerprint density at radius 2 is 2.08 bits per heavy atom. The van der Waals surface area contributed by atoms with Gasteiger partial charge in [-0.15, -0.1) is 11.3 Å². The van der Waals surface area contributed by atoms with E-state index in [9.17, 15) is 5.26 Å². The van der Waals surface area contributed by atoms with E-state index in [2.05, 4.69) is 35.1 Å². The van der Waals surface area contributed by atoms with Gasteiger partial charge in [-0.2, -0.15) is 10.4 Å². The molecule has 3 unspecified atom stereocenters. The van der Waals surface area contributed by atoms with Gasteiger partial charge in [0.1, 0.15) is 11.1 Å². The molecule has 7 rings (SSSR count). The summed E-state index contributed by atoms with van der Waals surface area (Å²) >= 11 is 8.10. The Morgan fingerprint density at radius 3 is 2.89 bits per heavy atom. The molecule has 0 radical (unpaired) electrons. The van der Waals surface area contributed by atoms with Crippen molar-refractivity contribution in [1.29, 1.82) is 5.26 Å². The fourth-order valence-electron chi connectivity index (χ4n) is 7.07. The molecule has 9 nitrogen and oxygen atoms in total. The van der Waals surface area contributed by atoms with Crippen molar-refractivity contribution in [2.75, 3.05) is 19.3 Å². The summed E-state index contributed by atoms with van der Waals surface area (Å²) in [5.41, 5.74) is 10.0. The Kier molecular flexibility index (Phi) is 5.55. The molecule has 1 fully saturated rings. The lowest BCUT2D eigenvalue weighted by Crippen LogP contribution is -2.42. The number of thiophene rings is 1. The van der Waals surface area contributed by atoms with E-state index in [1.54, 1.807) is 17.5 Å². The van der Waals surface area contributed by atoms with Gasteiger partial charge < -0.3 is 15.2 Å². The Balaban J connectivity index is 1.36. The first-order valence-electron chi connectivity index (χ1n) is 13.3. The maximum atomic E-state index is 9.97. The zero-order valence-corrected chi connectivity index (χ0v) is 23.1. The fourth-order valence-corrected chi connectivity index (χ4v) is 8.44. The molecule has 0 saturated carbocycles. The van der Waals surface area contributed by atoms with Crippen molar-refractivity contribution < 1.29 is 4.52 Å². The first-order chi connectivity index (χ1) is 18.4. The highest BCUT2D eigenvalue weighted by Gasteiger charge is 2.48. The summed E-state index contributed by atoms with van der Waals surface area (Å²) < 4.78 is 8.15. The number of nitrogens with zero attached hydrogens (tertiary/aromatic N) is 7. The summed E-state index contributed by atoms with van der Waals surface area (Å²) in [5, 5.41) is 21.0. The third kappa shape index (κ3) is 3.31. The minimum absolute atomic E-state index is 0.176. The molecule has 0 bridgehead atoms. The number of aromatic nitrogens is 5. The summed E-state index contributed by atoms with van der Waals surface area (Å²) in [6.07, 6.45) is 9.49. The zero-order valence-electron chi connectivity index (χ0n) is 21.5. The monoisotopic (exact) mass is 548 g/mol. The van der Waals surface area contributed by atoms with Crippen molar-refractivity contribution in [3.63, 3.8) is 0 Å². The van der Waals surface area contributed by atoms with Gasteiger partial charge in [0.25, 0.3) is 0 Å². The van der Waals surface area contributed by atoms with Crippen LogP contribution in [0.25, 0.3) is 22.6 Å². The quantitative estimate of drug-likeness (QED) is 0.359. The normalized spacial score (nSPS) is 25.4. The molecular formula is C27H29ClN8OS. The molecule has 2 N–H and O–H groups in total. The van der Waals surface area contributed by atoms with Crippen LogP contribution < -0.4 is 5.73 Å². The summed E-state index contributed by atoms with van der Waals surface area (Å²) in [4.78, 5) is 13.2. The van der Waals surface area contributed by atoms with Crippen molar-refractivity contribution in [3.05, 3.63) is 38.7 Å². The van der Waals surface area contributed by atoms with Crippen LogP contribution in [0.15, 0.2) is 10.7 Å². The van der Waals surface area contributed by atoms with Crippen LogP contribution in [0.2, 0.25) is 5.15 Å². The number of likely N-dealkylation sites (N-methyl/N-ethyl adjacent to an activating group) is 1. The second-order valence-electron chi connectivity index (χ2n) is 11.0. The molecule has 38 heavy (non-hydrogen) atoms. The second-order valence-corrected chi connectivity index (χ2v) is 12.5. The van der Waals surface area contributed by atoms with Crippen LogP contribution in [0, 0.1) is 11.3 Å². The van der Waals surface area contributed by atoms with E-state index in [0.29, 0.717) is 33.3 Å². The minimum Gasteiger partial charge on any atom is -0.389 e. The number of nitriles is 1. The molecule has 11 heteroatoms. The third-order valence-electron chi connectivity index (χ3n) is 9.05. The second kappa shape index (κ2) is 8.76. The first kappa shape index (κ1) is 24.1. The van der Waals surface area contributed by atoms with Crippen LogP contribution in [-0.4, -0.2) is 49.4 Å². The predicted octanol–water partition coefficient (Wildman–Crippen LogP) is 5.26. The maximum Gasteiger partial charge on any atom is 0.184 e. The third-order valence-corrected chi connectivity index (χ3v) is 10.4. The highest BCUT2D eigenvalue weighted by molar-refractivity contribution is 7.16. The van der Waals surface area contributed by atoms with Crippen LogP contribution in [-0.2, 0) is 18.3 Å². The molecule has 0 amide bonds. The van der Waals surface area contributed by atoms with E-state index in [1.165, 1.54) is 4.88 Å². The minimum atomic E-state index is -0.372. The van der Waals surface area contributed by atoms with E-state index in [4.69, 9.17) is 31.9 Å². The summed E-state index contributed by atoms with van der Waals surface area (Å²) in [6, 6.07) is 2.87. The lowest BCUT2D eigenvalue weighted by Gasteiger charge is -2.39. The zero-order chi connectivity index (χ0) is 26.2. The van der Waals surface area contributed by atoms with Gasteiger partial charge in [0.2, 0.25) is 0 Å². The number of rotatable bonds is 2. The summed E-state index contributed by atoms with van der Waals surface area (Å²) in [7, 11) is 2.15. The molecule has 196 valence electrons. The Bertz CT molecular complexity index is 1610. The molecular weight excluding hydrogens is 520 g/mol. The van der Waals surface area contributed by atoms with Gasteiger partial charge in [0.05, 0.1) is 22.4 Å². The Hall–Kier alpha value is -3.00. The van der Waals surface area contributed by atoms with Gasteiger partial charge in [0.15, 0.2) is 28.1 Å². The molecule has 1 aliphatic heterocycles. The van der Waals surface area contributed by atoms with Crippen LogP contribution in [0.1, 0.15) is 78.8 Å². The number of fused-ring (bicyclic) bond motifs is 5. The summed E-state index contributed by atoms with van der Waals surface area (Å²) in [6.45, 7) is 3.30. The van der Waals surface area contributed by atoms with Crippen LogP contribution >= 0.6 is 22.9 Å². The average molecular weight is 549 g/mol. The van der Waals surface area contributed by atoms with Crippen molar-refractivity contribution in [2.24, 2.45) is 0 Å². The van der Waals surface area contributed by atoms with Crippen molar-refractivity contribution in [3.8, 4) is 17.6 Å². The number of likely N-dealkylation sites (tertiary alicyclic amines) is 1. The van der Waals surface area contributed by atoms with Crippen LogP contribution in [0.5, 0.6) is 0 Å². The van der Waals surface area contributed by atoms with E-state index in [1.807, 2.05) is 4.68 Å². The molecule has 1 spiro atoms. The van der Waals surface area contributed by atoms with Crippen molar-refractivity contribution in [2.45, 2.75) is 75.8 Å². The molecule has 4 aromatic rings.